The van der Waals surface area contributed by atoms with E-state index >= 15 is 0 Å². The van der Waals surface area contributed by atoms with Crippen LogP contribution in [0.2, 0.25) is 0 Å². The van der Waals surface area contributed by atoms with Crippen LogP contribution in [-0.2, 0) is 11.2 Å². The van der Waals surface area contributed by atoms with Gasteiger partial charge in [0, 0.05) is 13.1 Å². The van der Waals surface area contributed by atoms with Crippen LogP contribution in [0.3, 0.4) is 0 Å². The van der Waals surface area contributed by atoms with E-state index in [-0.39, 0.29) is 12.0 Å². The minimum Gasteiger partial charge on any atom is -0.391 e. The molecule has 0 radical (unpaired) electrons. The van der Waals surface area contributed by atoms with Gasteiger partial charge in [-0.05, 0) is 30.9 Å². The molecule has 1 aromatic rings. The number of carbonyl (C=O) groups excluding carboxylic acids is 1. The van der Waals surface area contributed by atoms with Crippen LogP contribution in [0.4, 0.5) is 0 Å². The summed E-state index contributed by atoms with van der Waals surface area (Å²) in [6, 6.07) is 7.95. The summed E-state index contributed by atoms with van der Waals surface area (Å²) in [5, 5.41) is 9.56. The summed E-state index contributed by atoms with van der Waals surface area (Å²) in [7, 11) is 0. The third kappa shape index (κ3) is 3.07. The van der Waals surface area contributed by atoms with Crippen LogP contribution >= 0.6 is 0 Å². The molecule has 1 aliphatic rings. The van der Waals surface area contributed by atoms with Gasteiger partial charge in [-0.1, -0.05) is 24.3 Å². The number of aliphatic hydroxyl groups is 1. The van der Waals surface area contributed by atoms with Crippen LogP contribution in [0.15, 0.2) is 24.3 Å². The van der Waals surface area contributed by atoms with Gasteiger partial charge in [-0.3, -0.25) is 4.79 Å². The average Bonchev–Trinajstić information content (AvgIpc) is 2.32. The summed E-state index contributed by atoms with van der Waals surface area (Å²) in [5.74, 6) is 0.123. The standard InChI is InChI=1S/C14H19NO2/c1-11-5-2-3-6-12(11)9-14(17)15-8-4-7-13(16)10-15/h2-3,5-6,13,16H,4,7-10H2,1H3/t13-/m0/s1. The van der Waals surface area contributed by atoms with Crippen molar-refractivity contribution in [2.24, 2.45) is 0 Å². The molecule has 1 N–H and O–H groups in total. The molecule has 1 atom stereocenters. The number of carbonyl (C=O) groups is 1. The van der Waals surface area contributed by atoms with Crippen LogP contribution in [-0.4, -0.2) is 35.1 Å². The molecule has 1 saturated heterocycles. The molecule has 1 amide bonds. The number of piperidine rings is 1. The summed E-state index contributed by atoms with van der Waals surface area (Å²) < 4.78 is 0. The van der Waals surface area contributed by atoms with Gasteiger partial charge >= 0.3 is 0 Å². The van der Waals surface area contributed by atoms with E-state index in [9.17, 15) is 9.90 Å². The molecule has 0 spiro atoms. The van der Waals surface area contributed by atoms with Crippen molar-refractivity contribution in [2.75, 3.05) is 13.1 Å². The Bertz CT molecular complexity index is 403. The molecule has 0 aliphatic carbocycles. The first-order valence-corrected chi connectivity index (χ1v) is 6.17. The summed E-state index contributed by atoms with van der Waals surface area (Å²) >= 11 is 0. The highest BCUT2D eigenvalue weighted by Crippen LogP contribution is 2.13. The monoisotopic (exact) mass is 233 g/mol. The Morgan fingerprint density at radius 2 is 2.24 bits per heavy atom. The van der Waals surface area contributed by atoms with Gasteiger partial charge in [0.1, 0.15) is 0 Å². The Morgan fingerprint density at radius 3 is 2.94 bits per heavy atom. The normalized spacial score (nSPS) is 20.4. The van der Waals surface area contributed by atoms with E-state index < -0.39 is 0 Å². The third-order valence-electron chi connectivity index (χ3n) is 3.35. The molecule has 3 heteroatoms. The molecule has 1 fully saturated rings. The number of aryl methyl sites for hydroxylation is 1. The summed E-state index contributed by atoms with van der Waals surface area (Å²) in [6.45, 7) is 3.29. The van der Waals surface area contributed by atoms with E-state index in [4.69, 9.17) is 0 Å². The zero-order chi connectivity index (χ0) is 12.3. The van der Waals surface area contributed by atoms with Crippen molar-refractivity contribution >= 4 is 5.91 Å². The number of amides is 1. The maximum absolute atomic E-state index is 12.1. The Balaban J connectivity index is 1.99. The molecule has 92 valence electrons. The minimum absolute atomic E-state index is 0.123. The fourth-order valence-corrected chi connectivity index (χ4v) is 2.26. The quantitative estimate of drug-likeness (QED) is 0.841. The number of hydrogen-bond acceptors (Lipinski definition) is 2. The molecule has 0 unspecified atom stereocenters. The first-order valence-electron chi connectivity index (χ1n) is 6.17. The smallest absolute Gasteiger partial charge is 0.227 e. The van der Waals surface area contributed by atoms with Gasteiger partial charge in [0.05, 0.1) is 12.5 Å². The van der Waals surface area contributed by atoms with Crippen LogP contribution in [0, 0.1) is 6.92 Å². The molecule has 0 aromatic heterocycles. The van der Waals surface area contributed by atoms with Crippen molar-refractivity contribution in [3.05, 3.63) is 35.4 Å². The van der Waals surface area contributed by atoms with Crippen molar-refractivity contribution in [3.63, 3.8) is 0 Å². The zero-order valence-electron chi connectivity index (χ0n) is 10.2. The maximum Gasteiger partial charge on any atom is 0.227 e. The number of benzene rings is 1. The van der Waals surface area contributed by atoms with Crippen molar-refractivity contribution in [1.82, 2.24) is 4.90 Å². The van der Waals surface area contributed by atoms with E-state index in [1.165, 1.54) is 0 Å². The van der Waals surface area contributed by atoms with Crippen molar-refractivity contribution in [3.8, 4) is 0 Å². The van der Waals surface area contributed by atoms with Gasteiger partial charge in [0.25, 0.3) is 0 Å². The lowest BCUT2D eigenvalue weighted by atomic mass is 10.0. The molecular formula is C14H19NO2. The summed E-state index contributed by atoms with van der Waals surface area (Å²) in [5.41, 5.74) is 2.23. The van der Waals surface area contributed by atoms with E-state index in [0.717, 1.165) is 30.5 Å². The van der Waals surface area contributed by atoms with Gasteiger partial charge in [-0.15, -0.1) is 0 Å². The molecule has 1 aliphatic heterocycles. The predicted molar refractivity (Wildman–Crippen MR) is 66.7 cm³/mol. The van der Waals surface area contributed by atoms with Crippen molar-refractivity contribution in [1.29, 1.82) is 0 Å². The molecular weight excluding hydrogens is 214 g/mol. The summed E-state index contributed by atoms with van der Waals surface area (Å²) in [4.78, 5) is 13.9. The van der Waals surface area contributed by atoms with E-state index in [1.54, 1.807) is 4.90 Å². The second-order valence-electron chi connectivity index (χ2n) is 4.74. The van der Waals surface area contributed by atoms with Crippen LogP contribution in [0.1, 0.15) is 24.0 Å². The van der Waals surface area contributed by atoms with Crippen molar-refractivity contribution < 1.29 is 9.90 Å². The predicted octanol–water partition coefficient (Wildman–Crippen LogP) is 1.52. The largest absolute Gasteiger partial charge is 0.391 e. The van der Waals surface area contributed by atoms with Crippen LogP contribution < -0.4 is 0 Å². The van der Waals surface area contributed by atoms with Gasteiger partial charge in [0.2, 0.25) is 5.91 Å². The lowest BCUT2D eigenvalue weighted by Gasteiger charge is -2.30. The highest BCUT2D eigenvalue weighted by atomic mass is 16.3. The lowest BCUT2D eigenvalue weighted by molar-refractivity contribution is -0.133. The van der Waals surface area contributed by atoms with Gasteiger partial charge < -0.3 is 10.0 Å². The summed E-state index contributed by atoms with van der Waals surface area (Å²) in [6.07, 6.45) is 1.82. The van der Waals surface area contributed by atoms with E-state index in [2.05, 4.69) is 0 Å². The Kier molecular flexibility index (Phi) is 3.79. The Labute approximate surface area is 102 Å². The maximum atomic E-state index is 12.1. The SMILES string of the molecule is Cc1ccccc1CC(=O)N1CCC[C@H](O)C1. The second-order valence-corrected chi connectivity index (χ2v) is 4.74. The lowest BCUT2D eigenvalue weighted by Crippen LogP contribution is -2.42. The van der Waals surface area contributed by atoms with E-state index in [0.29, 0.717) is 13.0 Å². The number of β-amino-alcohol motifs (C(OH)–C–C–N with tert-alkyl or cyclic N) is 1. The van der Waals surface area contributed by atoms with Crippen LogP contribution in [0.25, 0.3) is 0 Å². The fourth-order valence-electron chi connectivity index (χ4n) is 2.26. The average molecular weight is 233 g/mol. The number of aliphatic hydroxyl groups excluding tert-OH is 1. The van der Waals surface area contributed by atoms with Gasteiger partial charge in [-0.25, -0.2) is 0 Å². The minimum atomic E-state index is -0.343. The van der Waals surface area contributed by atoms with Crippen molar-refractivity contribution in [2.45, 2.75) is 32.3 Å². The fraction of sp³-hybridized carbons (Fsp3) is 0.500. The number of likely N-dealkylation sites (tertiary alicyclic amines) is 1. The first kappa shape index (κ1) is 12.1. The number of nitrogens with zero attached hydrogens (tertiary/aromatic N) is 1. The highest BCUT2D eigenvalue weighted by Gasteiger charge is 2.22. The second kappa shape index (κ2) is 5.32. The topological polar surface area (TPSA) is 40.5 Å². The Hall–Kier alpha value is -1.35. The highest BCUT2D eigenvalue weighted by molar-refractivity contribution is 5.79. The molecule has 0 saturated carbocycles. The number of hydrogen-bond donors (Lipinski definition) is 1. The molecule has 1 heterocycles. The Morgan fingerprint density at radius 1 is 1.47 bits per heavy atom. The molecule has 0 bridgehead atoms. The van der Waals surface area contributed by atoms with Crippen LogP contribution in [0.5, 0.6) is 0 Å². The van der Waals surface area contributed by atoms with Gasteiger partial charge in [0.15, 0.2) is 0 Å². The molecule has 1 aromatic carbocycles. The first-order chi connectivity index (χ1) is 8.16. The molecule has 2 rings (SSSR count). The molecule has 17 heavy (non-hydrogen) atoms. The molecule has 3 nitrogen and oxygen atoms in total. The zero-order valence-corrected chi connectivity index (χ0v) is 10.2. The van der Waals surface area contributed by atoms with Gasteiger partial charge in [-0.2, -0.15) is 0 Å². The third-order valence-corrected chi connectivity index (χ3v) is 3.35. The van der Waals surface area contributed by atoms with E-state index in [1.807, 2.05) is 31.2 Å². The number of rotatable bonds is 2.